The molecular weight excluding hydrogens is 446 g/mol. The standard InChI is InChI=1S/C24H18ClN3O5/c1-32-23-13-19(28(30)31)8-11-22(23)27-24(29)18(14-26)12-16-6-9-20(10-7-16)33-15-17-4-2-3-5-21(17)25/h2-13H,15H2,1H3,(H,27,29). The number of ether oxygens (including phenoxy) is 2. The van der Waals surface area contributed by atoms with Gasteiger partial charge in [0.05, 0.1) is 23.8 Å². The van der Waals surface area contributed by atoms with Gasteiger partial charge in [0.15, 0.2) is 0 Å². The van der Waals surface area contributed by atoms with Crippen molar-refractivity contribution in [1.29, 1.82) is 5.26 Å². The minimum atomic E-state index is -0.677. The van der Waals surface area contributed by atoms with Crippen LogP contribution in [0.5, 0.6) is 11.5 Å². The number of amides is 1. The highest BCUT2D eigenvalue weighted by Crippen LogP contribution is 2.29. The number of halogens is 1. The molecular formula is C24H18ClN3O5. The number of carbonyl (C=O) groups excluding carboxylic acids is 1. The second kappa shape index (κ2) is 10.8. The van der Waals surface area contributed by atoms with Crippen LogP contribution < -0.4 is 14.8 Å². The van der Waals surface area contributed by atoms with Crippen LogP contribution in [0.4, 0.5) is 11.4 Å². The number of rotatable bonds is 8. The van der Waals surface area contributed by atoms with E-state index in [2.05, 4.69) is 5.32 Å². The lowest BCUT2D eigenvalue weighted by atomic mass is 10.1. The molecule has 166 valence electrons. The number of carbonyl (C=O) groups is 1. The number of nitro benzene ring substituents is 1. The van der Waals surface area contributed by atoms with Crippen molar-refractivity contribution >= 4 is 35.0 Å². The number of nitriles is 1. The fourth-order valence-corrected chi connectivity index (χ4v) is 3.03. The molecule has 0 bridgehead atoms. The van der Waals surface area contributed by atoms with Gasteiger partial charge in [0.1, 0.15) is 29.7 Å². The molecule has 3 aromatic carbocycles. The number of non-ortho nitro benzene ring substituents is 1. The Hall–Kier alpha value is -4.35. The van der Waals surface area contributed by atoms with Crippen molar-refractivity contribution < 1.29 is 19.2 Å². The normalized spacial score (nSPS) is 10.8. The van der Waals surface area contributed by atoms with E-state index in [1.165, 1.54) is 31.4 Å². The molecule has 3 aromatic rings. The molecule has 0 unspecified atom stereocenters. The van der Waals surface area contributed by atoms with Crippen LogP contribution >= 0.6 is 11.6 Å². The van der Waals surface area contributed by atoms with Gasteiger partial charge in [-0.1, -0.05) is 41.9 Å². The third kappa shape index (κ3) is 6.09. The predicted molar refractivity (Wildman–Crippen MR) is 124 cm³/mol. The summed E-state index contributed by atoms with van der Waals surface area (Å²) >= 11 is 6.12. The van der Waals surface area contributed by atoms with E-state index in [9.17, 15) is 20.2 Å². The van der Waals surface area contributed by atoms with E-state index in [1.54, 1.807) is 30.3 Å². The van der Waals surface area contributed by atoms with E-state index in [0.717, 1.165) is 5.56 Å². The average molecular weight is 464 g/mol. The van der Waals surface area contributed by atoms with Crippen molar-refractivity contribution in [3.63, 3.8) is 0 Å². The van der Waals surface area contributed by atoms with E-state index >= 15 is 0 Å². The van der Waals surface area contributed by atoms with Crippen LogP contribution in [0.15, 0.2) is 72.3 Å². The van der Waals surface area contributed by atoms with Crippen LogP contribution in [0.25, 0.3) is 6.08 Å². The Morgan fingerprint density at radius 1 is 1.18 bits per heavy atom. The Morgan fingerprint density at radius 2 is 1.91 bits per heavy atom. The lowest BCUT2D eigenvalue weighted by Crippen LogP contribution is -2.14. The summed E-state index contributed by atoms with van der Waals surface area (Å²) < 4.78 is 10.8. The van der Waals surface area contributed by atoms with Gasteiger partial charge in [0, 0.05) is 16.7 Å². The summed E-state index contributed by atoms with van der Waals surface area (Å²) in [5.74, 6) is 0.0317. The van der Waals surface area contributed by atoms with E-state index in [1.807, 2.05) is 24.3 Å². The number of benzene rings is 3. The third-order valence-electron chi connectivity index (χ3n) is 4.55. The third-order valence-corrected chi connectivity index (χ3v) is 4.92. The fourth-order valence-electron chi connectivity index (χ4n) is 2.84. The molecule has 1 N–H and O–H groups in total. The Labute approximate surface area is 194 Å². The highest BCUT2D eigenvalue weighted by atomic mass is 35.5. The van der Waals surface area contributed by atoms with Crippen LogP contribution in [-0.4, -0.2) is 17.9 Å². The first-order chi connectivity index (χ1) is 15.9. The largest absolute Gasteiger partial charge is 0.494 e. The van der Waals surface area contributed by atoms with Gasteiger partial charge in [0.25, 0.3) is 11.6 Å². The highest BCUT2D eigenvalue weighted by Gasteiger charge is 2.16. The number of nitrogens with one attached hydrogen (secondary N) is 1. The van der Waals surface area contributed by atoms with Crippen molar-refractivity contribution in [2.75, 3.05) is 12.4 Å². The van der Waals surface area contributed by atoms with Crippen molar-refractivity contribution in [1.82, 2.24) is 0 Å². The summed E-state index contributed by atoms with van der Waals surface area (Å²) in [6, 6.07) is 19.8. The zero-order chi connectivity index (χ0) is 23.8. The second-order valence-corrected chi connectivity index (χ2v) is 7.12. The number of anilines is 1. The lowest BCUT2D eigenvalue weighted by Gasteiger charge is -2.10. The molecule has 9 heteroatoms. The minimum absolute atomic E-state index is 0.106. The lowest BCUT2D eigenvalue weighted by molar-refractivity contribution is -0.384. The Morgan fingerprint density at radius 3 is 2.55 bits per heavy atom. The number of hydrogen-bond donors (Lipinski definition) is 1. The maximum atomic E-state index is 12.6. The summed E-state index contributed by atoms with van der Waals surface area (Å²) in [5.41, 5.74) is 1.34. The maximum absolute atomic E-state index is 12.6. The van der Waals surface area contributed by atoms with Crippen LogP contribution in [0.1, 0.15) is 11.1 Å². The van der Waals surface area contributed by atoms with Crippen LogP contribution in [0, 0.1) is 21.4 Å². The van der Waals surface area contributed by atoms with Crippen molar-refractivity contribution in [3.8, 4) is 17.6 Å². The van der Waals surface area contributed by atoms with Gasteiger partial charge in [-0.15, -0.1) is 0 Å². The molecule has 0 fully saturated rings. The van der Waals surface area contributed by atoms with Gasteiger partial charge in [-0.25, -0.2) is 0 Å². The molecule has 0 spiro atoms. The summed E-state index contributed by atoms with van der Waals surface area (Å²) in [6.45, 7) is 0.303. The van der Waals surface area contributed by atoms with Crippen molar-refractivity contribution in [2.24, 2.45) is 0 Å². The molecule has 0 saturated heterocycles. The molecule has 0 aliphatic heterocycles. The van der Waals surface area contributed by atoms with E-state index in [0.29, 0.717) is 22.9 Å². The molecule has 3 rings (SSSR count). The van der Waals surface area contributed by atoms with Gasteiger partial charge in [-0.05, 0) is 35.9 Å². The Kier molecular flexibility index (Phi) is 7.63. The molecule has 0 aromatic heterocycles. The molecule has 0 aliphatic rings. The SMILES string of the molecule is COc1cc([N+](=O)[O-])ccc1NC(=O)C(C#N)=Cc1ccc(OCc2ccccc2Cl)cc1. The van der Waals surface area contributed by atoms with Gasteiger partial charge in [-0.3, -0.25) is 14.9 Å². The van der Waals surface area contributed by atoms with E-state index in [4.69, 9.17) is 21.1 Å². The Bertz CT molecular complexity index is 1250. The maximum Gasteiger partial charge on any atom is 0.273 e. The molecule has 1 amide bonds. The topological polar surface area (TPSA) is 114 Å². The summed E-state index contributed by atoms with van der Waals surface area (Å²) in [6.07, 6.45) is 1.42. The molecule has 0 heterocycles. The zero-order valence-electron chi connectivity index (χ0n) is 17.4. The zero-order valence-corrected chi connectivity index (χ0v) is 18.2. The predicted octanol–water partition coefficient (Wildman–Crippen LogP) is 5.38. The first-order valence-electron chi connectivity index (χ1n) is 9.63. The monoisotopic (exact) mass is 463 g/mol. The molecule has 0 saturated carbocycles. The number of methoxy groups -OCH3 is 1. The van der Waals surface area contributed by atoms with Gasteiger partial charge in [-0.2, -0.15) is 5.26 Å². The molecule has 33 heavy (non-hydrogen) atoms. The molecule has 0 atom stereocenters. The first-order valence-corrected chi connectivity index (χ1v) is 10.0. The first kappa shape index (κ1) is 23.3. The fraction of sp³-hybridized carbons (Fsp3) is 0.0833. The second-order valence-electron chi connectivity index (χ2n) is 6.71. The van der Waals surface area contributed by atoms with Crippen molar-refractivity contribution in [3.05, 3.63) is 98.6 Å². The van der Waals surface area contributed by atoms with Gasteiger partial charge in [0.2, 0.25) is 0 Å². The smallest absolute Gasteiger partial charge is 0.273 e. The van der Waals surface area contributed by atoms with Crippen LogP contribution in [0.3, 0.4) is 0 Å². The highest BCUT2D eigenvalue weighted by molar-refractivity contribution is 6.31. The Balaban J connectivity index is 1.70. The number of hydrogen-bond acceptors (Lipinski definition) is 6. The molecule has 0 radical (unpaired) electrons. The summed E-state index contributed by atoms with van der Waals surface area (Å²) in [5, 5.41) is 23.5. The van der Waals surface area contributed by atoms with E-state index < -0.39 is 10.8 Å². The number of nitrogens with zero attached hydrogens (tertiary/aromatic N) is 2. The van der Waals surface area contributed by atoms with Crippen LogP contribution in [-0.2, 0) is 11.4 Å². The average Bonchev–Trinajstić information content (AvgIpc) is 2.82. The van der Waals surface area contributed by atoms with E-state index in [-0.39, 0.29) is 22.7 Å². The quantitative estimate of drug-likeness (QED) is 0.207. The van der Waals surface area contributed by atoms with Gasteiger partial charge < -0.3 is 14.8 Å². The summed E-state index contributed by atoms with van der Waals surface area (Å²) in [7, 11) is 1.32. The minimum Gasteiger partial charge on any atom is -0.494 e. The number of nitro groups is 1. The van der Waals surface area contributed by atoms with Crippen molar-refractivity contribution in [2.45, 2.75) is 6.61 Å². The van der Waals surface area contributed by atoms with Crippen LogP contribution in [0.2, 0.25) is 5.02 Å². The summed E-state index contributed by atoms with van der Waals surface area (Å²) in [4.78, 5) is 22.9. The van der Waals surface area contributed by atoms with Gasteiger partial charge >= 0.3 is 0 Å². The molecule has 0 aliphatic carbocycles. The molecule has 8 nitrogen and oxygen atoms in total.